The average molecular weight is 289 g/mol. The highest BCUT2D eigenvalue weighted by Gasteiger charge is 2.20. The van der Waals surface area contributed by atoms with Crippen LogP contribution in [0.4, 0.5) is 0 Å². The zero-order valence-corrected chi connectivity index (χ0v) is 12.6. The van der Waals surface area contributed by atoms with E-state index in [1.807, 2.05) is 13.1 Å². The Morgan fingerprint density at radius 2 is 2.25 bits per heavy atom. The van der Waals surface area contributed by atoms with Crippen molar-refractivity contribution in [1.82, 2.24) is 5.32 Å². The van der Waals surface area contributed by atoms with Crippen molar-refractivity contribution >= 4 is 11.3 Å². The van der Waals surface area contributed by atoms with E-state index in [9.17, 15) is 0 Å². The van der Waals surface area contributed by atoms with E-state index in [2.05, 4.69) is 28.9 Å². The average Bonchev–Trinajstić information content (AvgIpc) is 2.96. The van der Waals surface area contributed by atoms with Crippen molar-refractivity contribution in [1.29, 1.82) is 0 Å². The first kappa shape index (κ1) is 13.5. The Hall–Kier alpha value is -1.52. The summed E-state index contributed by atoms with van der Waals surface area (Å²) >= 11 is 1.72. The molecule has 0 bridgehead atoms. The van der Waals surface area contributed by atoms with Crippen molar-refractivity contribution in [3.8, 4) is 11.5 Å². The van der Waals surface area contributed by atoms with Crippen molar-refractivity contribution in [2.24, 2.45) is 0 Å². The van der Waals surface area contributed by atoms with E-state index >= 15 is 0 Å². The lowest BCUT2D eigenvalue weighted by Crippen LogP contribution is -2.18. The molecule has 0 saturated carbocycles. The Morgan fingerprint density at radius 3 is 3.05 bits per heavy atom. The van der Waals surface area contributed by atoms with Gasteiger partial charge in [0.1, 0.15) is 11.5 Å². The number of benzene rings is 1. The predicted octanol–water partition coefficient (Wildman–Crippen LogP) is 3.39. The molecule has 0 amide bonds. The Labute approximate surface area is 123 Å². The maximum atomic E-state index is 5.68. The molecule has 106 valence electrons. The van der Waals surface area contributed by atoms with Gasteiger partial charge in [-0.2, -0.15) is 0 Å². The number of nitrogens with one attached hydrogen (secondary N) is 1. The van der Waals surface area contributed by atoms with Crippen LogP contribution in [-0.4, -0.2) is 20.8 Å². The van der Waals surface area contributed by atoms with Gasteiger partial charge < -0.3 is 14.8 Å². The van der Waals surface area contributed by atoms with Crippen molar-refractivity contribution in [3.05, 3.63) is 45.6 Å². The second kappa shape index (κ2) is 5.85. The number of methoxy groups -OCH3 is 1. The van der Waals surface area contributed by atoms with Crippen molar-refractivity contribution < 1.29 is 9.47 Å². The Bertz CT molecular complexity index is 594. The lowest BCUT2D eigenvalue weighted by atomic mass is 9.98. The van der Waals surface area contributed by atoms with Crippen LogP contribution < -0.4 is 14.8 Å². The van der Waals surface area contributed by atoms with E-state index in [-0.39, 0.29) is 6.04 Å². The van der Waals surface area contributed by atoms with Crippen LogP contribution in [0.3, 0.4) is 0 Å². The summed E-state index contributed by atoms with van der Waals surface area (Å²) in [7, 11) is 3.71. The number of rotatable bonds is 4. The van der Waals surface area contributed by atoms with Gasteiger partial charge >= 0.3 is 0 Å². The fraction of sp³-hybridized carbons (Fsp3) is 0.375. The largest absolute Gasteiger partial charge is 0.496 e. The standard InChI is InChI=1S/C16H19NO2S/c1-17-15(16-14(18-2)7-9-20-16)12-5-6-13-11(10-12)4-3-8-19-13/h5-7,9-10,15,17H,3-4,8H2,1-2H3. The van der Waals surface area contributed by atoms with Gasteiger partial charge in [0.2, 0.25) is 0 Å². The Morgan fingerprint density at radius 1 is 1.35 bits per heavy atom. The van der Waals surface area contributed by atoms with Gasteiger partial charge in [-0.1, -0.05) is 12.1 Å². The fourth-order valence-corrected chi connectivity index (χ4v) is 3.69. The minimum Gasteiger partial charge on any atom is -0.496 e. The summed E-state index contributed by atoms with van der Waals surface area (Å²) in [5.74, 6) is 1.98. The molecule has 0 fully saturated rings. The van der Waals surface area contributed by atoms with Crippen molar-refractivity contribution in [2.45, 2.75) is 18.9 Å². The molecule has 0 spiro atoms. The summed E-state index contributed by atoms with van der Waals surface area (Å²) in [6.45, 7) is 0.834. The molecule has 20 heavy (non-hydrogen) atoms. The molecule has 0 saturated heterocycles. The second-order valence-electron chi connectivity index (χ2n) is 4.89. The molecule has 2 heterocycles. The summed E-state index contributed by atoms with van der Waals surface area (Å²) in [6.07, 6.45) is 2.20. The monoisotopic (exact) mass is 289 g/mol. The van der Waals surface area contributed by atoms with Crippen LogP contribution in [0.5, 0.6) is 11.5 Å². The molecule has 1 aromatic heterocycles. The molecule has 1 N–H and O–H groups in total. The predicted molar refractivity (Wildman–Crippen MR) is 82.0 cm³/mol. The minimum atomic E-state index is 0.164. The molecule has 4 heteroatoms. The molecule has 1 aliphatic heterocycles. The van der Waals surface area contributed by atoms with Gasteiger partial charge in [0.25, 0.3) is 0 Å². The number of thiophene rings is 1. The van der Waals surface area contributed by atoms with Gasteiger partial charge in [-0.15, -0.1) is 11.3 Å². The van der Waals surface area contributed by atoms with Crippen LogP contribution in [0.15, 0.2) is 29.6 Å². The third-order valence-corrected chi connectivity index (χ3v) is 4.66. The quantitative estimate of drug-likeness (QED) is 0.936. The highest BCUT2D eigenvalue weighted by atomic mass is 32.1. The van der Waals surface area contributed by atoms with E-state index in [0.29, 0.717) is 0 Å². The highest BCUT2D eigenvalue weighted by Crippen LogP contribution is 2.36. The SMILES string of the molecule is CNC(c1ccc2c(c1)CCCO2)c1sccc1OC. The molecule has 0 radical (unpaired) electrons. The normalized spacial score (nSPS) is 15.3. The maximum absolute atomic E-state index is 5.68. The molecule has 0 aliphatic carbocycles. The molecule has 1 aromatic carbocycles. The van der Waals surface area contributed by atoms with E-state index in [0.717, 1.165) is 30.9 Å². The number of aryl methyl sites for hydroxylation is 1. The Kier molecular flexibility index (Phi) is 3.94. The molecule has 1 aliphatic rings. The first-order valence-electron chi connectivity index (χ1n) is 6.87. The summed E-state index contributed by atoms with van der Waals surface area (Å²) in [5.41, 5.74) is 2.57. The van der Waals surface area contributed by atoms with Gasteiger partial charge in [0.05, 0.1) is 24.6 Å². The molecule has 3 rings (SSSR count). The zero-order chi connectivity index (χ0) is 13.9. The third-order valence-electron chi connectivity index (χ3n) is 3.69. The first-order valence-corrected chi connectivity index (χ1v) is 7.75. The molecule has 3 nitrogen and oxygen atoms in total. The molecular weight excluding hydrogens is 270 g/mol. The van der Waals surface area contributed by atoms with Crippen LogP contribution in [0.25, 0.3) is 0 Å². The van der Waals surface area contributed by atoms with Gasteiger partial charge in [-0.25, -0.2) is 0 Å². The number of ether oxygens (including phenoxy) is 2. The first-order chi connectivity index (χ1) is 9.83. The van der Waals surface area contributed by atoms with Crippen LogP contribution in [0.2, 0.25) is 0 Å². The van der Waals surface area contributed by atoms with E-state index in [1.54, 1.807) is 18.4 Å². The lowest BCUT2D eigenvalue weighted by Gasteiger charge is -2.21. The van der Waals surface area contributed by atoms with E-state index < -0.39 is 0 Å². The van der Waals surface area contributed by atoms with Crippen LogP contribution >= 0.6 is 11.3 Å². The van der Waals surface area contributed by atoms with Crippen LogP contribution in [0, 0.1) is 0 Å². The van der Waals surface area contributed by atoms with E-state index in [1.165, 1.54) is 16.0 Å². The van der Waals surface area contributed by atoms with Gasteiger partial charge in [0.15, 0.2) is 0 Å². The fourth-order valence-electron chi connectivity index (χ4n) is 2.70. The second-order valence-corrected chi connectivity index (χ2v) is 5.84. The lowest BCUT2D eigenvalue weighted by molar-refractivity contribution is 0.288. The summed E-state index contributed by atoms with van der Waals surface area (Å²) in [6, 6.07) is 8.68. The molecule has 1 atom stereocenters. The molecule has 2 aromatic rings. The third kappa shape index (κ3) is 2.41. The minimum absolute atomic E-state index is 0.164. The van der Waals surface area contributed by atoms with Crippen molar-refractivity contribution in [3.63, 3.8) is 0 Å². The van der Waals surface area contributed by atoms with E-state index in [4.69, 9.17) is 9.47 Å². The Balaban J connectivity index is 1.97. The maximum Gasteiger partial charge on any atom is 0.134 e. The number of hydrogen-bond acceptors (Lipinski definition) is 4. The summed E-state index contributed by atoms with van der Waals surface area (Å²) in [4.78, 5) is 1.21. The molecular formula is C16H19NO2S. The van der Waals surface area contributed by atoms with Gasteiger partial charge in [-0.3, -0.25) is 0 Å². The summed E-state index contributed by atoms with van der Waals surface area (Å²) in [5, 5.41) is 5.46. The van der Waals surface area contributed by atoms with Crippen LogP contribution in [-0.2, 0) is 6.42 Å². The highest BCUT2D eigenvalue weighted by molar-refractivity contribution is 7.10. The van der Waals surface area contributed by atoms with Crippen molar-refractivity contribution in [2.75, 3.05) is 20.8 Å². The van der Waals surface area contributed by atoms with Gasteiger partial charge in [0, 0.05) is 0 Å². The van der Waals surface area contributed by atoms with Crippen LogP contribution in [0.1, 0.15) is 28.5 Å². The zero-order valence-electron chi connectivity index (χ0n) is 11.8. The topological polar surface area (TPSA) is 30.5 Å². The van der Waals surface area contributed by atoms with Gasteiger partial charge in [-0.05, 0) is 48.5 Å². The summed E-state index contributed by atoms with van der Waals surface area (Å²) < 4.78 is 11.1. The molecule has 1 unspecified atom stereocenters. The number of fused-ring (bicyclic) bond motifs is 1. The number of hydrogen-bond donors (Lipinski definition) is 1. The smallest absolute Gasteiger partial charge is 0.134 e.